The van der Waals surface area contributed by atoms with E-state index in [2.05, 4.69) is 35.0 Å². The largest absolute Gasteiger partial charge is 0.481 e. The van der Waals surface area contributed by atoms with Gasteiger partial charge in [-0.25, -0.2) is 0 Å². The summed E-state index contributed by atoms with van der Waals surface area (Å²) in [6, 6.07) is 16.3. The zero-order chi connectivity index (χ0) is 15.9. The Bertz CT molecular complexity index is 844. The second kappa shape index (κ2) is 5.64. The Morgan fingerprint density at radius 3 is 2.96 bits per heavy atom. The van der Waals surface area contributed by atoms with Gasteiger partial charge in [-0.1, -0.05) is 36.4 Å². The standard InChI is InChI=1S/C19H19NO2S/c1-20-12-19(21)11-14-5-2-3-7-15(14)18(19)22-16-8-4-6-13-9-10-23-17(13)16/h2-10,18,20-21H,11-12H2,1H3. The number of rotatable bonds is 4. The van der Waals surface area contributed by atoms with Gasteiger partial charge in [0.05, 0.1) is 4.70 Å². The van der Waals surface area contributed by atoms with Crippen molar-refractivity contribution in [3.05, 3.63) is 65.0 Å². The fraction of sp³-hybridized carbons (Fsp3) is 0.263. The first-order valence-electron chi connectivity index (χ1n) is 7.79. The smallest absolute Gasteiger partial charge is 0.154 e. The van der Waals surface area contributed by atoms with Gasteiger partial charge >= 0.3 is 0 Å². The minimum absolute atomic E-state index is 0.362. The van der Waals surface area contributed by atoms with E-state index in [1.54, 1.807) is 11.3 Å². The summed E-state index contributed by atoms with van der Waals surface area (Å²) in [5.74, 6) is 0.841. The molecule has 2 N–H and O–H groups in total. The Morgan fingerprint density at radius 2 is 2.09 bits per heavy atom. The van der Waals surface area contributed by atoms with E-state index in [-0.39, 0.29) is 6.10 Å². The van der Waals surface area contributed by atoms with Gasteiger partial charge in [0.25, 0.3) is 0 Å². The third kappa shape index (κ3) is 2.43. The van der Waals surface area contributed by atoms with Gasteiger partial charge in [0, 0.05) is 13.0 Å². The van der Waals surface area contributed by atoms with Crippen LogP contribution in [0.5, 0.6) is 5.75 Å². The topological polar surface area (TPSA) is 41.5 Å². The number of hydrogen-bond donors (Lipinski definition) is 2. The number of likely N-dealkylation sites (N-methyl/N-ethyl adjacent to an activating group) is 1. The quantitative estimate of drug-likeness (QED) is 0.771. The Hall–Kier alpha value is -1.88. The lowest BCUT2D eigenvalue weighted by Gasteiger charge is -2.31. The molecular formula is C19H19NO2S. The molecular weight excluding hydrogens is 306 g/mol. The first-order valence-corrected chi connectivity index (χ1v) is 8.67. The summed E-state index contributed by atoms with van der Waals surface area (Å²) in [6.45, 7) is 0.493. The number of fused-ring (bicyclic) bond motifs is 2. The van der Waals surface area contributed by atoms with Gasteiger partial charge in [-0.05, 0) is 41.1 Å². The summed E-state index contributed by atoms with van der Waals surface area (Å²) < 4.78 is 7.49. The van der Waals surface area contributed by atoms with E-state index in [0.717, 1.165) is 21.6 Å². The van der Waals surface area contributed by atoms with Crippen molar-refractivity contribution in [2.24, 2.45) is 0 Å². The molecule has 3 nitrogen and oxygen atoms in total. The van der Waals surface area contributed by atoms with Crippen LogP contribution in [0.1, 0.15) is 17.2 Å². The second-order valence-corrected chi connectivity index (χ2v) is 7.02. The predicted octanol–water partition coefficient (Wildman–Crippen LogP) is 3.53. The lowest BCUT2D eigenvalue weighted by molar-refractivity contribution is -0.0478. The molecule has 2 aromatic carbocycles. The number of hydrogen-bond acceptors (Lipinski definition) is 4. The van der Waals surface area contributed by atoms with E-state index in [1.807, 2.05) is 31.3 Å². The number of ether oxygens (including phenoxy) is 1. The first kappa shape index (κ1) is 14.7. The van der Waals surface area contributed by atoms with Crippen LogP contribution >= 0.6 is 11.3 Å². The number of nitrogens with one attached hydrogen (secondary N) is 1. The van der Waals surface area contributed by atoms with Gasteiger partial charge < -0.3 is 15.2 Å². The van der Waals surface area contributed by atoms with Gasteiger partial charge in [-0.15, -0.1) is 11.3 Å². The zero-order valence-electron chi connectivity index (χ0n) is 13.0. The Kier molecular flexibility index (Phi) is 3.60. The molecule has 0 fully saturated rings. The normalized spacial score (nSPS) is 23.1. The summed E-state index contributed by atoms with van der Waals surface area (Å²) in [7, 11) is 1.86. The molecule has 2 unspecified atom stereocenters. The van der Waals surface area contributed by atoms with Crippen LogP contribution in [0.3, 0.4) is 0 Å². The maximum absolute atomic E-state index is 11.2. The Morgan fingerprint density at radius 1 is 1.22 bits per heavy atom. The first-order chi connectivity index (χ1) is 11.2. The van der Waals surface area contributed by atoms with Crippen molar-refractivity contribution in [1.29, 1.82) is 0 Å². The Labute approximate surface area is 139 Å². The van der Waals surface area contributed by atoms with Crippen LogP contribution in [0.25, 0.3) is 10.1 Å². The molecule has 0 spiro atoms. The molecule has 1 aliphatic carbocycles. The van der Waals surface area contributed by atoms with E-state index in [4.69, 9.17) is 4.74 Å². The maximum Gasteiger partial charge on any atom is 0.154 e. The molecule has 23 heavy (non-hydrogen) atoms. The lowest BCUT2D eigenvalue weighted by Crippen LogP contribution is -2.45. The molecule has 0 radical (unpaired) electrons. The van der Waals surface area contributed by atoms with E-state index < -0.39 is 5.60 Å². The van der Waals surface area contributed by atoms with Crippen LogP contribution in [0.2, 0.25) is 0 Å². The highest BCUT2D eigenvalue weighted by Gasteiger charge is 2.46. The van der Waals surface area contributed by atoms with Crippen LogP contribution in [-0.4, -0.2) is 24.3 Å². The van der Waals surface area contributed by atoms with Crippen LogP contribution in [0, 0.1) is 0 Å². The summed E-state index contributed by atoms with van der Waals surface area (Å²) >= 11 is 1.67. The van der Waals surface area contributed by atoms with Crippen LogP contribution in [0.15, 0.2) is 53.9 Å². The van der Waals surface area contributed by atoms with Crippen molar-refractivity contribution in [3.63, 3.8) is 0 Å². The van der Waals surface area contributed by atoms with Crippen molar-refractivity contribution in [3.8, 4) is 5.75 Å². The number of thiophene rings is 1. The maximum atomic E-state index is 11.2. The average Bonchev–Trinajstić information content (AvgIpc) is 3.12. The molecule has 0 bridgehead atoms. The summed E-state index contributed by atoms with van der Waals surface area (Å²) in [4.78, 5) is 0. The molecule has 2 atom stereocenters. The third-order valence-corrected chi connectivity index (χ3v) is 5.44. The summed E-state index contributed by atoms with van der Waals surface area (Å²) in [6.07, 6.45) is 0.244. The molecule has 3 aromatic rings. The average molecular weight is 325 g/mol. The number of benzene rings is 2. The molecule has 118 valence electrons. The molecule has 4 rings (SSSR count). The van der Waals surface area contributed by atoms with Gasteiger partial charge in [0.1, 0.15) is 11.4 Å². The molecule has 1 heterocycles. The monoisotopic (exact) mass is 325 g/mol. The fourth-order valence-corrected chi connectivity index (χ4v) is 4.34. The molecule has 0 aliphatic heterocycles. The van der Waals surface area contributed by atoms with Crippen molar-refractivity contribution >= 4 is 21.4 Å². The van der Waals surface area contributed by atoms with Gasteiger partial charge in [0.2, 0.25) is 0 Å². The third-order valence-electron chi connectivity index (χ3n) is 4.49. The highest BCUT2D eigenvalue weighted by atomic mass is 32.1. The van der Waals surface area contributed by atoms with Crippen molar-refractivity contribution in [2.75, 3.05) is 13.6 Å². The Balaban J connectivity index is 1.77. The fourth-order valence-electron chi connectivity index (χ4n) is 3.48. The van der Waals surface area contributed by atoms with E-state index in [0.29, 0.717) is 13.0 Å². The van der Waals surface area contributed by atoms with E-state index in [9.17, 15) is 5.11 Å². The van der Waals surface area contributed by atoms with Gasteiger partial charge in [-0.3, -0.25) is 0 Å². The van der Waals surface area contributed by atoms with Gasteiger partial charge in [0.15, 0.2) is 6.10 Å². The van der Waals surface area contributed by atoms with Gasteiger partial charge in [-0.2, -0.15) is 0 Å². The predicted molar refractivity (Wildman–Crippen MR) is 94.2 cm³/mol. The van der Waals surface area contributed by atoms with E-state index >= 15 is 0 Å². The molecule has 0 saturated carbocycles. The molecule has 0 saturated heterocycles. The van der Waals surface area contributed by atoms with E-state index in [1.165, 1.54) is 5.39 Å². The highest BCUT2D eigenvalue weighted by Crippen LogP contribution is 2.43. The molecule has 0 amide bonds. The summed E-state index contributed by atoms with van der Waals surface area (Å²) in [5, 5.41) is 17.5. The lowest BCUT2D eigenvalue weighted by atomic mass is 9.97. The molecule has 1 aromatic heterocycles. The minimum Gasteiger partial charge on any atom is -0.481 e. The zero-order valence-corrected chi connectivity index (χ0v) is 13.8. The van der Waals surface area contributed by atoms with Crippen molar-refractivity contribution in [2.45, 2.75) is 18.1 Å². The van der Waals surface area contributed by atoms with Crippen molar-refractivity contribution < 1.29 is 9.84 Å². The SMILES string of the molecule is CNCC1(O)Cc2ccccc2C1Oc1cccc2ccsc12. The highest BCUT2D eigenvalue weighted by molar-refractivity contribution is 7.17. The van der Waals surface area contributed by atoms with Crippen LogP contribution < -0.4 is 10.1 Å². The minimum atomic E-state index is -0.933. The number of aliphatic hydroxyl groups is 1. The summed E-state index contributed by atoms with van der Waals surface area (Å²) in [5.41, 5.74) is 1.31. The molecule has 1 aliphatic rings. The molecule has 4 heteroatoms. The van der Waals surface area contributed by atoms with Crippen LogP contribution in [0.4, 0.5) is 0 Å². The van der Waals surface area contributed by atoms with Crippen molar-refractivity contribution in [1.82, 2.24) is 5.32 Å². The second-order valence-electron chi connectivity index (χ2n) is 6.10. The van der Waals surface area contributed by atoms with Crippen LogP contribution in [-0.2, 0) is 6.42 Å².